The van der Waals surface area contributed by atoms with Crippen LogP contribution in [0, 0.1) is 0 Å². The van der Waals surface area contributed by atoms with Crippen LogP contribution in [0.5, 0.6) is 0 Å². The van der Waals surface area contributed by atoms with Crippen molar-refractivity contribution in [2.24, 2.45) is 4.99 Å². The van der Waals surface area contributed by atoms with E-state index in [1.807, 2.05) is 54.7 Å². The van der Waals surface area contributed by atoms with Crippen LogP contribution < -0.4 is 0 Å². The van der Waals surface area contributed by atoms with Gasteiger partial charge in [-0.3, -0.25) is 4.99 Å². The Morgan fingerprint density at radius 3 is 2.11 bits per heavy atom. The van der Waals surface area contributed by atoms with E-state index >= 15 is 0 Å². The van der Waals surface area contributed by atoms with Gasteiger partial charge in [0.15, 0.2) is 0 Å². The molecule has 0 N–H and O–H groups in total. The van der Waals surface area contributed by atoms with Crippen molar-refractivity contribution < 1.29 is 4.74 Å². The zero-order valence-electron chi connectivity index (χ0n) is 11.4. The summed E-state index contributed by atoms with van der Waals surface area (Å²) in [6.07, 6.45) is 1.89. The number of benzene rings is 2. The van der Waals surface area contributed by atoms with E-state index in [4.69, 9.17) is 4.74 Å². The van der Waals surface area contributed by atoms with Crippen LogP contribution in [0.2, 0.25) is 0 Å². The van der Waals surface area contributed by atoms with E-state index in [1.165, 1.54) is 0 Å². The van der Waals surface area contributed by atoms with Gasteiger partial charge in [0.1, 0.15) is 6.10 Å². The third kappa shape index (κ3) is 3.76. The highest BCUT2D eigenvalue weighted by atomic mass is 16.5. The molecule has 2 rings (SSSR count). The van der Waals surface area contributed by atoms with E-state index in [2.05, 4.69) is 24.0 Å². The maximum atomic E-state index is 5.57. The summed E-state index contributed by atoms with van der Waals surface area (Å²) in [6, 6.07) is 20.4. The molecule has 0 fully saturated rings. The van der Waals surface area contributed by atoms with Crippen LogP contribution in [0.15, 0.2) is 65.7 Å². The Bertz CT molecular complexity index is 507. The summed E-state index contributed by atoms with van der Waals surface area (Å²) < 4.78 is 5.57. The lowest BCUT2D eigenvalue weighted by Gasteiger charge is -2.19. The number of nitrogens with zero attached hydrogens (tertiary/aromatic N) is 1. The van der Waals surface area contributed by atoms with Gasteiger partial charge >= 0.3 is 0 Å². The van der Waals surface area contributed by atoms with Gasteiger partial charge in [0.25, 0.3) is 0 Å². The summed E-state index contributed by atoms with van der Waals surface area (Å²) in [5.41, 5.74) is 2.26. The standard InChI is InChI=1S/C17H19NO/c1-14(18-13-15-9-5-3-6-10-15)17(19-2)16-11-7-4-8-12-16/h3-14,17H,1-2H3/t14-,17-/m0/s1. The van der Waals surface area contributed by atoms with Crippen molar-refractivity contribution in [3.8, 4) is 0 Å². The molecule has 0 amide bonds. The normalized spacial score (nSPS) is 14.4. The lowest BCUT2D eigenvalue weighted by atomic mass is 10.0. The molecular weight excluding hydrogens is 234 g/mol. The predicted octanol–water partition coefficient (Wildman–Crippen LogP) is 3.88. The summed E-state index contributed by atoms with van der Waals surface area (Å²) in [7, 11) is 1.73. The number of ether oxygens (including phenoxy) is 1. The Hall–Kier alpha value is -1.93. The highest BCUT2D eigenvalue weighted by Crippen LogP contribution is 2.22. The molecule has 2 nitrogen and oxygen atoms in total. The molecule has 19 heavy (non-hydrogen) atoms. The molecule has 0 aliphatic carbocycles. The third-order valence-corrected chi connectivity index (χ3v) is 3.08. The van der Waals surface area contributed by atoms with Crippen molar-refractivity contribution in [1.29, 1.82) is 0 Å². The number of aliphatic imine (C=N–C) groups is 1. The first-order valence-corrected chi connectivity index (χ1v) is 6.47. The van der Waals surface area contributed by atoms with Crippen LogP contribution in [0.1, 0.15) is 24.2 Å². The Morgan fingerprint density at radius 1 is 0.947 bits per heavy atom. The second-order valence-electron chi connectivity index (χ2n) is 4.50. The second kappa shape index (κ2) is 6.86. The van der Waals surface area contributed by atoms with Gasteiger partial charge in [0.05, 0.1) is 6.04 Å². The first-order chi connectivity index (χ1) is 9.31. The SMILES string of the molecule is CO[C@H](c1ccccc1)[C@H](C)N=Cc1ccccc1. The van der Waals surface area contributed by atoms with E-state index < -0.39 is 0 Å². The van der Waals surface area contributed by atoms with E-state index in [9.17, 15) is 0 Å². The highest BCUT2D eigenvalue weighted by Gasteiger charge is 2.16. The fourth-order valence-electron chi connectivity index (χ4n) is 2.08. The van der Waals surface area contributed by atoms with Crippen molar-refractivity contribution in [3.63, 3.8) is 0 Å². The maximum absolute atomic E-state index is 5.57. The zero-order valence-corrected chi connectivity index (χ0v) is 11.4. The molecule has 0 radical (unpaired) electrons. The van der Waals surface area contributed by atoms with Gasteiger partial charge in [-0.1, -0.05) is 60.7 Å². The number of rotatable bonds is 5. The Balaban J connectivity index is 2.10. The van der Waals surface area contributed by atoms with E-state index in [0.29, 0.717) is 0 Å². The molecule has 0 unspecified atom stereocenters. The van der Waals surface area contributed by atoms with E-state index in [0.717, 1.165) is 11.1 Å². The van der Waals surface area contributed by atoms with Gasteiger partial charge in [0, 0.05) is 13.3 Å². The van der Waals surface area contributed by atoms with Crippen LogP contribution in [0.3, 0.4) is 0 Å². The van der Waals surface area contributed by atoms with Crippen LogP contribution in [-0.2, 0) is 4.74 Å². The fraction of sp³-hybridized carbons (Fsp3) is 0.235. The monoisotopic (exact) mass is 253 g/mol. The van der Waals surface area contributed by atoms with Gasteiger partial charge in [0.2, 0.25) is 0 Å². The number of hydrogen-bond donors (Lipinski definition) is 0. The van der Waals surface area contributed by atoms with E-state index in [1.54, 1.807) is 7.11 Å². The summed E-state index contributed by atoms with van der Waals surface area (Å²) >= 11 is 0. The highest BCUT2D eigenvalue weighted by molar-refractivity contribution is 5.79. The largest absolute Gasteiger partial charge is 0.375 e. The molecule has 2 atom stereocenters. The maximum Gasteiger partial charge on any atom is 0.104 e. The average molecular weight is 253 g/mol. The van der Waals surface area contributed by atoms with Crippen molar-refractivity contribution in [3.05, 3.63) is 71.8 Å². The lowest BCUT2D eigenvalue weighted by Crippen LogP contribution is -2.15. The quantitative estimate of drug-likeness (QED) is 0.741. The molecule has 2 heteroatoms. The van der Waals surface area contributed by atoms with Crippen molar-refractivity contribution in [2.75, 3.05) is 7.11 Å². The molecule has 0 heterocycles. The summed E-state index contributed by atoms with van der Waals surface area (Å²) in [5, 5.41) is 0. The molecule has 0 spiro atoms. The predicted molar refractivity (Wildman–Crippen MR) is 79.7 cm³/mol. The fourth-order valence-corrected chi connectivity index (χ4v) is 2.08. The average Bonchev–Trinajstić information content (AvgIpc) is 2.48. The van der Waals surface area contributed by atoms with E-state index in [-0.39, 0.29) is 12.1 Å². The lowest BCUT2D eigenvalue weighted by molar-refractivity contribution is 0.0862. The summed E-state index contributed by atoms with van der Waals surface area (Å²) in [6.45, 7) is 2.07. The van der Waals surface area contributed by atoms with Crippen molar-refractivity contribution >= 4 is 6.21 Å². The van der Waals surface area contributed by atoms with Gasteiger partial charge in [-0.25, -0.2) is 0 Å². The molecule has 2 aromatic carbocycles. The van der Waals surface area contributed by atoms with Gasteiger partial charge in [-0.15, -0.1) is 0 Å². The first-order valence-electron chi connectivity index (χ1n) is 6.47. The minimum absolute atomic E-state index is 0.0128. The Morgan fingerprint density at radius 2 is 1.53 bits per heavy atom. The topological polar surface area (TPSA) is 21.6 Å². The smallest absolute Gasteiger partial charge is 0.104 e. The molecule has 0 bridgehead atoms. The van der Waals surface area contributed by atoms with Crippen LogP contribution in [-0.4, -0.2) is 19.4 Å². The summed E-state index contributed by atoms with van der Waals surface area (Å²) in [4.78, 5) is 4.59. The first kappa shape index (κ1) is 13.5. The molecule has 2 aromatic rings. The van der Waals surface area contributed by atoms with Gasteiger partial charge < -0.3 is 4.74 Å². The minimum Gasteiger partial charge on any atom is -0.375 e. The summed E-state index contributed by atoms with van der Waals surface area (Å²) in [5.74, 6) is 0. The molecule has 0 aromatic heterocycles. The molecule has 0 aliphatic heterocycles. The molecule has 98 valence electrons. The molecular formula is C17H19NO. The van der Waals surface area contributed by atoms with Crippen LogP contribution >= 0.6 is 0 Å². The zero-order chi connectivity index (χ0) is 13.5. The van der Waals surface area contributed by atoms with Crippen molar-refractivity contribution in [2.45, 2.75) is 19.1 Å². The van der Waals surface area contributed by atoms with Crippen molar-refractivity contribution in [1.82, 2.24) is 0 Å². The van der Waals surface area contributed by atoms with Crippen LogP contribution in [0.4, 0.5) is 0 Å². The second-order valence-corrected chi connectivity index (χ2v) is 4.50. The number of hydrogen-bond acceptors (Lipinski definition) is 2. The van der Waals surface area contributed by atoms with Gasteiger partial charge in [-0.05, 0) is 18.1 Å². The Labute approximate surface area is 114 Å². The molecule has 0 saturated carbocycles. The van der Waals surface area contributed by atoms with Gasteiger partial charge in [-0.2, -0.15) is 0 Å². The molecule has 0 aliphatic rings. The Kier molecular flexibility index (Phi) is 4.87. The van der Waals surface area contributed by atoms with Crippen LogP contribution in [0.25, 0.3) is 0 Å². The molecule has 0 saturated heterocycles. The third-order valence-electron chi connectivity index (χ3n) is 3.08. The number of methoxy groups -OCH3 is 1. The minimum atomic E-state index is -0.0128.